The molecule has 0 aliphatic rings. The van der Waals surface area contributed by atoms with Crippen molar-refractivity contribution in [2.75, 3.05) is 11.9 Å². The summed E-state index contributed by atoms with van der Waals surface area (Å²) in [5, 5.41) is 6.21. The van der Waals surface area contributed by atoms with Gasteiger partial charge in [0.25, 0.3) is 0 Å². The number of para-hydroxylation sites is 1. The second-order valence-electron chi connectivity index (χ2n) is 4.10. The van der Waals surface area contributed by atoms with Gasteiger partial charge in [0.2, 0.25) is 11.8 Å². The maximum absolute atomic E-state index is 11.7. The Kier molecular flexibility index (Phi) is 6.08. The Morgan fingerprint density at radius 3 is 2.42 bits per heavy atom. The molecule has 4 N–H and O–H groups in total. The number of primary amides is 1. The standard InChI is InChI=1S/C12H15Cl2N3O2/c1-7(5-10(15)18)16-6-11(19)17-12-8(13)3-2-4-9(12)14/h2-4,7,16H,5-6H2,1H3,(H2,15,18)(H,17,19). The predicted octanol–water partition coefficient (Wildman–Crippen LogP) is 1.79. The quantitative estimate of drug-likeness (QED) is 0.749. The SMILES string of the molecule is CC(CC(N)=O)NCC(=O)Nc1c(Cl)cccc1Cl. The highest BCUT2D eigenvalue weighted by atomic mass is 35.5. The largest absolute Gasteiger partial charge is 0.370 e. The summed E-state index contributed by atoms with van der Waals surface area (Å²) in [4.78, 5) is 22.4. The van der Waals surface area contributed by atoms with Crippen LogP contribution in [0.3, 0.4) is 0 Å². The Morgan fingerprint density at radius 2 is 1.89 bits per heavy atom. The van der Waals surface area contributed by atoms with Gasteiger partial charge in [-0.3, -0.25) is 9.59 Å². The number of anilines is 1. The van der Waals surface area contributed by atoms with Crippen LogP contribution in [0.5, 0.6) is 0 Å². The van der Waals surface area contributed by atoms with Crippen LogP contribution < -0.4 is 16.4 Å². The molecule has 1 aromatic rings. The lowest BCUT2D eigenvalue weighted by molar-refractivity contribution is -0.119. The van der Waals surface area contributed by atoms with Crippen LogP contribution >= 0.6 is 23.2 Å². The van der Waals surface area contributed by atoms with Crippen LogP contribution in [0.25, 0.3) is 0 Å². The van der Waals surface area contributed by atoms with Gasteiger partial charge in [-0.25, -0.2) is 0 Å². The van der Waals surface area contributed by atoms with Crippen LogP contribution in [0.4, 0.5) is 5.69 Å². The molecule has 104 valence electrons. The number of nitrogens with one attached hydrogen (secondary N) is 2. The Hall–Kier alpha value is -1.30. The van der Waals surface area contributed by atoms with E-state index >= 15 is 0 Å². The van der Waals surface area contributed by atoms with Crippen LogP contribution in [0, 0.1) is 0 Å². The molecule has 0 heterocycles. The highest BCUT2D eigenvalue weighted by Crippen LogP contribution is 2.29. The molecule has 0 aliphatic carbocycles. The van der Waals surface area contributed by atoms with E-state index in [-0.39, 0.29) is 24.9 Å². The van der Waals surface area contributed by atoms with E-state index in [9.17, 15) is 9.59 Å². The van der Waals surface area contributed by atoms with Gasteiger partial charge in [0, 0.05) is 12.5 Å². The monoisotopic (exact) mass is 303 g/mol. The molecule has 1 unspecified atom stereocenters. The van der Waals surface area contributed by atoms with E-state index in [1.54, 1.807) is 25.1 Å². The molecule has 19 heavy (non-hydrogen) atoms. The molecular formula is C12H15Cl2N3O2. The van der Waals surface area contributed by atoms with Crippen molar-refractivity contribution < 1.29 is 9.59 Å². The first-order valence-corrected chi connectivity index (χ1v) is 6.41. The number of halogens is 2. The molecular weight excluding hydrogens is 289 g/mol. The average Bonchev–Trinajstić information content (AvgIpc) is 2.30. The van der Waals surface area contributed by atoms with E-state index in [1.807, 2.05) is 0 Å². The maximum atomic E-state index is 11.7. The van der Waals surface area contributed by atoms with Crippen molar-refractivity contribution in [2.45, 2.75) is 19.4 Å². The number of hydrogen-bond donors (Lipinski definition) is 3. The highest BCUT2D eigenvalue weighted by molar-refractivity contribution is 6.39. The second-order valence-corrected chi connectivity index (χ2v) is 4.91. The maximum Gasteiger partial charge on any atom is 0.238 e. The first-order valence-electron chi connectivity index (χ1n) is 5.65. The van der Waals surface area contributed by atoms with E-state index in [0.29, 0.717) is 15.7 Å². The first-order chi connectivity index (χ1) is 8.90. The van der Waals surface area contributed by atoms with Gasteiger partial charge in [-0.1, -0.05) is 29.3 Å². The van der Waals surface area contributed by atoms with E-state index in [2.05, 4.69) is 10.6 Å². The number of rotatable bonds is 6. The molecule has 0 aromatic heterocycles. The van der Waals surface area contributed by atoms with Crippen LogP contribution in [-0.2, 0) is 9.59 Å². The number of amides is 2. The lowest BCUT2D eigenvalue weighted by Crippen LogP contribution is -2.36. The van der Waals surface area contributed by atoms with Crippen molar-refractivity contribution in [2.24, 2.45) is 5.73 Å². The van der Waals surface area contributed by atoms with Crippen LogP contribution in [0.1, 0.15) is 13.3 Å². The summed E-state index contributed by atoms with van der Waals surface area (Å²) in [6.07, 6.45) is 0.167. The Bertz CT molecular complexity index is 460. The molecule has 2 amide bonds. The number of carbonyl (C=O) groups excluding carboxylic acids is 2. The summed E-state index contributed by atoms with van der Waals surface area (Å²) >= 11 is 11.8. The summed E-state index contributed by atoms with van der Waals surface area (Å²) < 4.78 is 0. The third kappa shape index (κ3) is 5.46. The van der Waals surface area contributed by atoms with Gasteiger partial charge in [-0.2, -0.15) is 0 Å². The summed E-state index contributed by atoms with van der Waals surface area (Å²) in [6, 6.07) is 4.77. The molecule has 0 saturated carbocycles. The fourth-order valence-electron chi connectivity index (χ4n) is 1.44. The van der Waals surface area contributed by atoms with Gasteiger partial charge in [-0.05, 0) is 19.1 Å². The number of benzene rings is 1. The minimum Gasteiger partial charge on any atom is -0.370 e. The average molecular weight is 304 g/mol. The van der Waals surface area contributed by atoms with Crippen molar-refractivity contribution >= 4 is 40.7 Å². The van der Waals surface area contributed by atoms with Gasteiger partial charge >= 0.3 is 0 Å². The minimum absolute atomic E-state index is 0.0377. The second kappa shape index (κ2) is 7.33. The Balaban J connectivity index is 2.50. The van der Waals surface area contributed by atoms with E-state index in [1.165, 1.54) is 0 Å². The van der Waals surface area contributed by atoms with Gasteiger partial charge in [0.15, 0.2) is 0 Å². The lowest BCUT2D eigenvalue weighted by atomic mass is 10.2. The zero-order chi connectivity index (χ0) is 14.4. The van der Waals surface area contributed by atoms with Gasteiger partial charge in [0.05, 0.1) is 22.3 Å². The smallest absolute Gasteiger partial charge is 0.238 e. The third-order valence-electron chi connectivity index (χ3n) is 2.35. The minimum atomic E-state index is -0.422. The van der Waals surface area contributed by atoms with Crippen LogP contribution in [-0.4, -0.2) is 24.4 Å². The molecule has 0 saturated heterocycles. The normalized spacial score (nSPS) is 11.9. The predicted molar refractivity (Wildman–Crippen MR) is 76.4 cm³/mol. The number of hydrogen-bond acceptors (Lipinski definition) is 3. The van der Waals surface area contributed by atoms with E-state index in [4.69, 9.17) is 28.9 Å². The lowest BCUT2D eigenvalue weighted by Gasteiger charge is -2.13. The van der Waals surface area contributed by atoms with Gasteiger partial charge in [0.1, 0.15) is 0 Å². The van der Waals surface area contributed by atoms with Crippen molar-refractivity contribution in [1.29, 1.82) is 0 Å². The summed E-state index contributed by atoms with van der Waals surface area (Å²) in [6.45, 7) is 1.80. The molecule has 1 rings (SSSR count). The molecule has 0 fully saturated rings. The molecule has 1 atom stereocenters. The Morgan fingerprint density at radius 1 is 1.32 bits per heavy atom. The fourth-order valence-corrected chi connectivity index (χ4v) is 1.93. The summed E-state index contributed by atoms with van der Waals surface area (Å²) in [5.41, 5.74) is 5.42. The molecule has 5 nitrogen and oxygen atoms in total. The number of nitrogens with two attached hydrogens (primary N) is 1. The molecule has 0 aliphatic heterocycles. The highest BCUT2D eigenvalue weighted by Gasteiger charge is 2.11. The van der Waals surface area contributed by atoms with Gasteiger partial charge in [-0.15, -0.1) is 0 Å². The summed E-state index contributed by atoms with van der Waals surface area (Å²) in [5.74, 6) is -0.721. The molecule has 0 radical (unpaired) electrons. The number of carbonyl (C=O) groups is 2. The Labute approximate surface area is 121 Å². The van der Waals surface area contributed by atoms with Crippen molar-refractivity contribution in [3.63, 3.8) is 0 Å². The van der Waals surface area contributed by atoms with Crippen molar-refractivity contribution in [3.8, 4) is 0 Å². The van der Waals surface area contributed by atoms with Gasteiger partial charge < -0.3 is 16.4 Å². The molecule has 0 bridgehead atoms. The zero-order valence-electron chi connectivity index (χ0n) is 10.4. The summed E-state index contributed by atoms with van der Waals surface area (Å²) in [7, 11) is 0. The first kappa shape index (κ1) is 15.8. The van der Waals surface area contributed by atoms with E-state index in [0.717, 1.165) is 0 Å². The fraction of sp³-hybridized carbons (Fsp3) is 0.333. The topological polar surface area (TPSA) is 84.2 Å². The van der Waals surface area contributed by atoms with Crippen molar-refractivity contribution in [1.82, 2.24) is 5.32 Å². The molecule has 0 spiro atoms. The molecule has 7 heteroatoms. The van der Waals surface area contributed by atoms with Crippen molar-refractivity contribution in [3.05, 3.63) is 28.2 Å². The van der Waals surface area contributed by atoms with E-state index < -0.39 is 5.91 Å². The molecule has 1 aromatic carbocycles. The third-order valence-corrected chi connectivity index (χ3v) is 2.98. The van der Waals surface area contributed by atoms with Crippen LogP contribution in [0.15, 0.2) is 18.2 Å². The van der Waals surface area contributed by atoms with Crippen LogP contribution in [0.2, 0.25) is 10.0 Å². The zero-order valence-corrected chi connectivity index (χ0v) is 11.9.